The third kappa shape index (κ3) is 1.70. The molecule has 104 valence electrons. The fourth-order valence-electron chi connectivity index (χ4n) is 2.58. The molecule has 2 heterocycles. The normalized spacial score (nSPS) is 17.7. The van der Waals surface area contributed by atoms with Crippen LogP contribution in [0.1, 0.15) is 18.9 Å². The number of hydrogen-bond acceptors (Lipinski definition) is 3. The van der Waals surface area contributed by atoms with Crippen molar-refractivity contribution in [3.8, 4) is 5.69 Å². The van der Waals surface area contributed by atoms with E-state index in [0.29, 0.717) is 25.1 Å². The molecule has 20 heavy (non-hydrogen) atoms. The Hall–Kier alpha value is -2.57. The average Bonchev–Trinajstić information content (AvgIpc) is 2.72. The summed E-state index contributed by atoms with van der Waals surface area (Å²) in [5.41, 5.74) is -0.651. The van der Waals surface area contributed by atoms with E-state index in [-0.39, 0.29) is 0 Å². The first-order chi connectivity index (χ1) is 9.61. The Labute approximate surface area is 113 Å². The number of benzene rings is 1. The van der Waals surface area contributed by atoms with Gasteiger partial charge in [-0.2, -0.15) is 0 Å². The third-order valence-corrected chi connectivity index (χ3v) is 3.50. The van der Waals surface area contributed by atoms with E-state index < -0.39 is 23.4 Å². The summed E-state index contributed by atoms with van der Waals surface area (Å²) in [4.78, 5) is 35.9. The summed E-state index contributed by atoms with van der Waals surface area (Å²) in [5, 5.41) is 9.20. The lowest BCUT2D eigenvalue weighted by Crippen LogP contribution is -2.38. The molecular formula is C13H13N3O4. The molecule has 1 aliphatic heterocycles. The van der Waals surface area contributed by atoms with Crippen molar-refractivity contribution in [3.05, 3.63) is 51.3 Å². The van der Waals surface area contributed by atoms with Crippen LogP contribution in [0.5, 0.6) is 0 Å². The molecule has 1 aliphatic rings. The van der Waals surface area contributed by atoms with Gasteiger partial charge in [-0.25, -0.2) is 28.3 Å². The minimum Gasteiger partial charge on any atom is -0.480 e. The van der Waals surface area contributed by atoms with Crippen LogP contribution in [0.2, 0.25) is 0 Å². The predicted octanol–water partition coefficient (Wildman–Crippen LogP) is 0.220. The van der Waals surface area contributed by atoms with Gasteiger partial charge in [0.1, 0.15) is 0 Å². The van der Waals surface area contributed by atoms with Crippen molar-refractivity contribution in [2.75, 3.05) is 0 Å². The third-order valence-electron chi connectivity index (χ3n) is 3.50. The van der Waals surface area contributed by atoms with Gasteiger partial charge < -0.3 is 5.11 Å². The fourth-order valence-corrected chi connectivity index (χ4v) is 2.58. The van der Waals surface area contributed by atoms with Crippen molar-refractivity contribution in [2.24, 2.45) is 0 Å². The highest BCUT2D eigenvalue weighted by Gasteiger charge is 2.31. The van der Waals surface area contributed by atoms with Crippen molar-refractivity contribution in [1.29, 1.82) is 0 Å². The summed E-state index contributed by atoms with van der Waals surface area (Å²) in [5.74, 6) is -1.09. The van der Waals surface area contributed by atoms with E-state index in [1.165, 1.54) is 4.68 Å². The second-order valence-corrected chi connectivity index (χ2v) is 4.70. The number of carboxylic acids is 1. The molecule has 1 N–H and O–H groups in total. The summed E-state index contributed by atoms with van der Waals surface area (Å²) in [6, 6.07) is 7.53. The van der Waals surface area contributed by atoms with Crippen LogP contribution in [-0.2, 0) is 11.3 Å². The van der Waals surface area contributed by atoms with E-state index in [1.807, 2.05) is 0 Å². The van der Waals surface area contributed by atoms with Gasteiger partial charge in [-0.05, 0) is 25.0 Å². The Balaban J connectivity index is 2.28. The number of rotatable bonds is 2. The molecule has 0 bridgehead atoms. The molecule has 0 unspecified atom stereocenters. The molecular weight excluding hydrogens is 262 g/mol. The number of para-hydroxylation sites is 1. The molecule has 0 spiro atoms. The highest BCUT2D eigenvalue weighted by atomic mass is 16.4. The quantitative estimate of drug-likeness (QED) is 0.849. The van der Waals surface area contributed by atoms with E-state index in [4.69, 9.17) is 0 Å². The standard InChI is InChI=1S/C13H13N3O4/c17-11(18)10-7-4-8-14-12(19)15(13(20)16(10)14)9-5-2-1-3-6-9/h1-3,5-6,10H,4,7-8H2,(H,17,18)/t10-/m0/s1. The summed E-state index contributed by atoms with van der Waals surface area (Å²) >= 11 is 0. The van der Waals surface area contributed by atoms with E-state index in [9.17, 15) is 19.5 Å². The second kappa shape index (κ2) is 4.52. The molecule has 0 aliphatic carbocycles. The molecule has 2 aromatic rings. The maximum Gasteiger partial charge on any atom is 0.352 e. The summed E-state index contributed by atoms with van der Waals surface area (Å²) in [6.07, 6.45) is 0.919. The monoisotopic (exact) mass is 275 g/mol. The SMILES string of the molecule is O=C(O)[C@@H]1CCCn2c(=O)n(-c3ccccc3)c(=O)n21. The van der Waals surface area contributed by atoms with Gasteiger partial charge in [0.25, 0.3) is 0 Å². The molecule has 0 fully saturated rings. The summed E-state index contributed by atoms with van der Waals surface area (Å²) in [6.45, 7) is 0.359. The van der Waals surface area contributed by atoms with Gasteiger partial charge in [0, 0.05) is 6.54 Å². The van der Waals surface area contributed by atoms with Gasteiger partial charge in [0.05, 0.1) is 5.69 Å². The number of aliphatic carboxylic acids is 1. The zero-order chi connectivity index (χ0) is 14.3. The lowest BCUT2D eigenvalue weighted by molar-refractivity contribution is -0.142. The molecule has 1 aromatic carbocycles. The van der Waals surface area contributed by atoms with E-state index >= 15 is 0 Å². The van der Waals surface area contributed by atoms with Gasteiger partial charge in [0.2, 0.25) is 0 Å². The maximum atomic E-state index is 12.4. The van der Waals surface area contributed by atoms with Crippen LogP contribution in [0.4, 0.5) is 0 Å². The van der Waals surface area contributed by atoms with Crippen LogP contribution in [0, 0.1) is 0 Å². The van der Waals surface area contributed by atoms with Crippen molar-refractivity contribution in [2.45, 2.75) is 25.4 Å². The molecule has 7 nitrogen and oxygen atoms in total. The Morgan fingerprint density at radius 2 is 1.85 bits per heavy atom. The van der Waals surface area contributed by atoms with E-state index in [1.54, 1.807) is 30.3 Å². The van der Waals surface area contributed by atoms with Gasteiger partial charge >= 0.3 is 17.3 Å². The molecule has 3 rings (SSSR count). The highest BCUT2D eigenvalue weighted by molar-refractivity contribution is 5.71. The van der Waals surface area contributed by atoms with Crippen LogP contribution in [0.15, 0.2) is 39.9 Å². The van der Waals surface area contributed by atoms with Crippen LogP contribution in [0.3, 0.4) is 0 Å². The van der Waals surface area contributed by atoms with Crippen molar-refractivity contribution >= 4 is 5.97 Å². The van der Waals surface area contributed by atoms with E-state index in [0.717, 1.165) is 9.25 Å². The lowest BCUT2D eigenvalue weighted by Gasteiger charge is -2.21. The number of carbonyl (C=O) groups is 1. The van der Waals surface area contributed by atoms with Crippen molar-refractivity contribution in [1.82, 2.24) is 13.9 Å². The Bertz CT molecular complexity index is 769. The van der Waals surface area contributed by atoms with Crippen LogP contribution in [0.25, 0.3) is 5.69 Å². The van der Waals surface area contributed by atoms with Gasteiger partial charge in [-0.15, -0.1) is 0 Å². The Morgan fingerprint density at radius 1 is 1.15 bits per heavy atom. The maximum absolute atomic E-state index is 12.4. The summed E-state index contributed by atoms with van der Waals surface area (Å²) in [7, 11) is 0. The van der Waals surface area contributed by atoms with E-state index in [2.05, 4.69) is 0 Å². The van der Waals surface area contributed by atoms with Crippen LogP contribution < -0.4 is 11.4 Å². The Kier molecular flexibility index (Phi) is 2.81. The number of carboxylic acid groups (broad SMARTS) is 1. The number of fused-ring (bicyclic) bond motifs is 1. The van der Waals surface area contributed by atoms with Crippen molar-refractivity contribution in [3.63, 3.8) is 0 Å². The average molecular weight is 275 g/mol. The number of nitrogens with zero attached hydrogens (tertiary/aromatic N) is 3. The van der Waals surface area contributed by atoms with Crippen LogP contribution >= 0.6 is 0 Å². The smallest absolute Gasteiger partial charge is 0.352 e. The molecule has 7 heteroatoms. The highest BCUT2D eigenvalue weighted by Crippen LogP contribution is 2.17. The first-order valence-electron chi connectivity index (χ1n) is 6.34. The minimum absolute atomic E-state index is 0.355. The van der Waals surface area contributed by atoms with Gasteiger partial charge in [-0.1, -0.05) is 18.2 Å². The Morgan fingerprint density at radius 3 is 2.50 bits per heavy atom. The van der Waals surface area contributed by atoms with Gasteiger partial charge in [0.15, 0.2) is 6.04 Å². The minimum atomic E-state index is -1.09. The zero-order valence-corrected chi connectivity index (χ0v) is 10.6. The molecule has 0 amide bonds. The van der Waals surface area contributed by atoms with Gasteiger partial charge in [-0.3, -0.25) is 0 Å². The number of aromatic nitrogens is 3. The second-order valence-electron chi connectivity index (χ2n) is 4.70. The molecule has 1 atom stereocenters. The molecule has 0 saturated carbocycles. The number of hydrogen-bond donors (Lipinski definition) is 1. The predicted molar refractivity (Wildman–Crippen MR) is 70.2 cm³/mol. The zero-order valence-electron chi connectivity index (χ0n) is 10.6. The molecule has 0 saturated heterocycles. The topological polar surface area (TPSA) is 86.2 Å². The first kappa shape index (κ1) is 12.5. The largest absolute Gasteiger partial charge is 0.480 e. The fraction of sp³-hybridized carbons (Fsp3) is 0.308. The lowest BCUT2D eigenvalue weighted by atomic mass is 10.1. The molecule has 1 aromatic heterocycles. The van der Waals surface area contributed by atoms with Crippen LogP contribution in [-0.4, -0.2) is 25.0 Å². The van der Waals surface area contributed by atoms with Crippen molar-refractivity contribution < 1.29 is 9.90 Å². The first-order valence-corrected chi connectivity index (χ1v) is 6.34. The summed E-state index contributed by atoms with van der Waals surface area (Å²) < 4.78 is 3.29. The molecule has 0 radical (unpaired) electrons.